The molecule has 0 aromatic rings. The first-order chi connectivity index (χ1) is 14.6. The van der Waals surface area contributed by atoms with Gasteiger partial charge in [-0.15, -0.1) is 0 Å². The van der Waals surface area contributed by atoms with Crippen LogP contribution in [0.25, 0.3) is 0 Å². The zero-order chi connectivity index (χ0) is 22.3. The van der Waals surface area contributed by atoms with Gasteiger partial charge >= 0.3 is 11.9 Å². The highest BCUT2D eigenvalue weighted by atomic mass is 16.5. The minimum atomic E-state index is -0.707. The predicted octanol–water partition coefficient (Wildman–Crippen LogP) is 7.77. The van der Waals surface area contributed by atoms with Crippen molar-refractivity contribution < 1.29 is 19.4 Å². The Morgan fingerprint density at radius 1 is 0.767 bits per heavy atom. The van der Waals surface area contributed by atoms with Gasteiger partial charge in [-0.05, 0) is 51.0 Å². The second-order valence-corrected chi connectivity index (χ2v) is 8.17. The van der Waals surface area contributed by atoms with Gasteiger partial charge in [-0.1, -0.05) is 83.4 Å². The third-order valence-electron chi connectivity index (χ3n) is 5.16. The molecule has 0 fully saturated rings. The van der Waals surface area contributed by atoms with Crippen molar-refractivity contribution in [3.8, 4) is 0 Å². The van der Waals surface area contributed by atoms with Gasteiger partial charge in [0.05, 0.1) is 0 Å². The predicted molar refractivity (Wildman–Crippen MR) is 126 cm³/mol. The molecule has 4 nitrogen and oxygen atoms in total. The normalized spacial score (nSPS) is 12.6. The number of ether oxygens (including phenoxy) is 1. The van der Waals surface area contributed by atoms with Gasteiger partial charge in [0.2, 0.25) is 0 Å². The molecule has 1 unspecified atom stereocenters. The van der Waals surface area contributed by atoms with Crippen LogP contribution in [0.5, 0.6) is 0 Å². The zero-order valence-corrected chi connectivity index (χ0v) is 19.6. The molecule has 0 aliphatic rings. The molecule has 0 rings (SSSR count). The van der Waals surface area contributed by atoms with Crippen LogP contribution in [0, 0.1) is 0 Å². The first kappa shape index (κ1) is 28.4. The fourth-order valence-corrected chi connectivity index (χ4v) is 3.31. The van der Waals surface area contributed by atoms with Gasteiger partial charge in [-0.2, -0.15) is 0 Å². The van der Waals surface area contributed by atoms with Crippen molar-refractivity contribution in [1.82, 2.24) is 0 Å². The van der Waals surface area contributed by atoms with E-state index in [2.05, 4.69) is 38.2 Å². The minimum absolute atomic E-state index is 0.0816. The molecule has 0 aliphatic carbocycles. The molecule has 0 bridgehead atoms. The number of hydrogen-bond donors (Lipinski definition) is 1. The number of carboxylic acids is 1. The lowest BCUT2D eigenvalue weighted by Gasteiger charge is -2.14. The van der Waals surface area contributed by atoms with Crippen molar-refractivity contribution in [2.45, 2.75) is 129 Å². The van der Waals surface area contributed by atoms with Crippen LogP contribution in [0.15, 0.2) is 24.3 Å². The molecule has 0 amide bonds. The van der Waals surface area contributed by atoms with Gasteiger partial charge in [-0.25, -0.2) is 0 Å². The first-order valence-electron chi connectivity index (χ1n) is 12.3. The Morgan fingerprint density at radius 3 is 2.10 bits per heavy atom. The van der Waals surface area contributed by atoms with E-state index in [1.54, 1.807) is 0 Å². The molecule has 174 valence electrons. The summed E-state index contributed by atoms with van der Waals surface area (Å²) in [6.45, 7) is 4.35. The second-order valence-electron chi connectivity index (χ2n) is 8.17. The average Bonchev–Trinajstić information content (AvgIpc) is 2.71. The summed E-state index contributed by atoms with van der Waals surface area (Å²) in [5.41, 5.74) is 0. The number of unbranched alkanes of at least 4 members (excludes halogenated alkanes) is 10. The molecule has 0 radical (unpaired) electrons. The third kappa shape index (κ3) is 21.1. The number of carbonyl (C=O) groups is 2. The van der Waals surface area contributed by atoms with E-state index in [-0.39, 0.29) is 18.5 Å². The Bertz CT molecular complexity index is 468. The van der Waals surface area contributed by atoms with Gasteiger partial charge < -0.3 is 9.84 Å². The van der Waals surface area contributed by atoms with Crippen molar-refractivity contribution >= 4 is 11.9 Å². The lowest BCUT2D eigenvalue weighted by atomic mass is 10.1. The van der Waals surface area contributed by atoms with Crippen LogP contribution in [0.1, 0.15) is 123 Å². The van der Waals surface area contributed by atoms with E-state index in [1.165, 1.54) is 19.3 Å². The Kier molecular flexibility index (Phi) is 20.9. The average molecular weight is 423 g/mol. The zero-order valence-electron chi connectivity index (χ0n) is 19.6. The molecule has 30 heavy (non-hydrogen) atoms. The van der Waals surface area contributed by atoms with Crippen molar-refractivity contribution in [3.05, 3.63) is 24.3 Å². The molecule has 1 atom stereocenters. The van der Waals surface area contributed by atoms with E-state index in [0.717, 1.165) is 77.0 Å². The fraction of sp³-hybridized carbons (Fsp3) is 0.769. The topological polar surface area (TPSA) is 63.6 Å². The van der Waals surface area contributed by atoms with E-state index < -0.39 is 5.97 Å². The molecular weight excluding hydrogens is 376 g/mol. The molecule has 4 heteroatoms. The second kappa shape index (κ2) is 22.1. The highest BCUT2D eigenvalue weighted by Crippen LogP contribution is 2.14. The molecule has 0 spiro atoms. The third-order valence-corrected chi connectivity index (χ3v) is 5.16. The van der Waals surface area contributed by atoms with E-state index in [0.29, 0.717) is 6.42 Å². The van der Waals surface area contributed by atoms with Crippen LogP contribution in [0.3, 0.4) is 0 Å². The van der Waals surface area contributed by atoms with E-state index in [4.69, 9.17) is 9.84 Å². The van der Waals surface area contributed by atoms with E-state index in [9.17, 15) is 9.59 Å². The Morgan fingerprint density at radius 2 is 1.40 bits per heavy atom. The van der Waals surface area contributed by atoms with Gasteiger partial charge in [0, 0.05) is 12.8 Å². The van der Waals surface area contributed by atoms with Gasteiger partial charge in [0.15, 0.2) is 0 Å². The molecular formula is C26H46O4. The highest BCUT2D eigenvalue weighted by molar-refractivity contribution is 5.69. The van der Waals surface area contributed by atoms with Crippen molar-refractivity contribution in [2.24, 2.45) is 0 Å². The van der Waals surface area contributed by atoms with Crippen LogP contribution in [-0.4, -0.2) is 23.1 Å². The minimum Gasteiger partial charge on any atom is -0.481 e. The molecule has 1 N–H and O–H groups in total. The van der Waals surface area contributed by atoms with Crippen LogP contribution >= 0.6 is 0 Å². The van der Waals surface area contributed by atoms with Crippen LogP contribution in [0.2, 0.25) is 0 Å². The molecule has 0 aromatic carbocycles. The number of carbonyl (C=O) groups excluding carboxylic acids is 1. The van der Waals surface area contributed by atoms with Gasteiger partial charge in [0.1, 0.15) is 6.10 Å². The number of carboxylic acid groups (broad SMARTS) is 1. The van der Waals surface area contributed by atoms with Crippen LogP contribution in [0.4, 0.5) is 0 Å². The summed E-state index contributed by atoms with van der Waals surface area (Å²) in [7, 11) is 0. The number of rotatable bonds is 21. The number of aliphatic carboxylic acids is 1. The number of hydrogen-bond acceptors (Lipinski definition) is 3. The molecule has 0 saturated carbocycles. The van der Waals surface area contributed by atoms with Crippen LogP contribution < -0.4 is 0 Å². The smallest absolute Gasteiger partial charge is 0.306 e. The SMILES string of the molecule is CCCCC/C=C\C/C=C\C(CCCCCCCCC(=O)O)OC(=O)CCCCC. The first-order valence-corrected chi connectivity index (χ1v) is 12.3. The molecule has 0 saturated heterocycles. The lowest BCUT2D eigenvalue weighted by Crippen LogP contribution is -2.16. The maximum atomic E-state index is 12.1. The van der Waals surface area contributed by atoms with Crippen LogP contribution in [-0.2, 0) is 14.3 Å². The Balaban J connectivity index is 4.18. The maximum Gasteiger partial charge on any atom is 0.306 e. The summed E-state index contributed by atoms with van der Waals surface area (Å²) < 4.78 is 5.71. The van der Waals surface area contributed by atoms with E-state index in [1.807, 2.05) is 0 Å². The van der Waals surface area contributed by atoms with Crippen molar-refractivity contribution in [3.63, 3.8) is 0 Å². The quantitative estimate of drug-likeness (QED) is 0.117. The summed E-state index contributed by atoms with van der Waals surface area (Å²) in [5.74, 6) is -0.789. The Hall–Kier alpha value is -1.58. The standard InChI is InChI=1S/C26H46O4/c1-3-5-7-8-9-10-13-17-20-24(30-26(29)23-16-6-4-2)21-18-14-11-12-15-19-22-25(27)28/h9-10,17,20,24H,3-8,11-16,18-19,21-23H2,1-2H3,(H,27,28)/b10-9-,20-17-. The van der Waals surface area contributed by atoms with Gasteiger partial charge in [0.25, 0.3) is 0 Å². The van der Waals surface area contributed by atoms with Crippen molar-refractivity contribution in [2.75, 3.05) is 0 Å². The Labute approximate surface area is 185 Å². The summed E-state index contributed by atoms with van der Waals surface area (Å²) in [6.07, 6.45) is 25.1. The summed E-state index contributed by atoms with van der Waals surface area (Å²) >= 11 is 0. The van der Waals surface area contributed by atoms with Gasteiger partial charge in [-0.3, -0.25) is 9.59 Å². The van der Waals surface area contributed by atoms with Crippen molar-refractivity contribution in [1.29, 1.82) is 0 Å². The van der Waals surface area contributed by atoms with E-state index >= 15 is 0 Å². The summed E-state index contributed by atoms with van der Waals surface area (Å²) in [5, 5.41) is 8.66. The number of esters is 1. The lowest BCUT2D eigenvalue weighted by molar-refractivity contribution is -0.147. The monoisotopic (exact) mass is 422 g/mol. The highest BCUT2D eigenvalue weighted by Gasteiger charge is 2.11. The largest absolute Gasteiger partial charge is 0.481 e. The summed E-state index contributed by atoms with van der Waals surface area (Å²) in [6, 6.07) is 0. The maximum absolute atomic E-state index is 12.1. The molecule has 0 aromatic heterocycles. The fourth-order valence-electron chi connectivity index (χ4n) is 3.31. The molecule has 0 heterocycles. The molecule has 0 aliphatic heterocycles. The summed E-state index contributed by atoms with van der Waals surface area (Å²) in [4.78, 5) is 22.6. The number of allylic oxidation sites excluding steroid dienone is 3.